The topological polar surface area (TPSA) is 120 Å². The number of hydrogen-bond acceptors (Lipinski definition) is 6. The summed E-state index contributed by atoms with van der Waals surface area (Å²) in [7, 11) is 2.24. The van der Waals surface area contributed by atoms with Crippen LogP contribution in [0.5, 0.6) is 5.75 Å². The second-order valence-electron chi connectivity index (χ2n) is 6.66. The molecule has 2 heterocycles. The normalized spacial score (nSPS) is 15.5. The largest absolute Gasteiger partial charge is 0.506 e. The molecule has 1 aliphatic heterocycles. The number of aromatic hydroxyl groups is 1. The van der Waals surface area contributed by atoms with Crippen LogP contribution in [-0.2, 0) is 20.6 Å². The fourth-order valence-corrected chi connectivity index (χ4v) is 2.86. The molecule has 1 fully saturated rings. The van der Waals surface area contributed by atoms with Crippen molar-refractivity contribution in [2.24, 2.45) is 5.92 Å². The van der Waals surface area contributed by atoms with E-state index in [2.05, 4.69) is 10.3 Å². The molecule has 0 saturated carbocycles. The smallest absolute Gasteiger partial charge is 0.417 e. The number of phenolic OH excluding ortho intramolecular Hbond substituents is 1. The van der Waals surface area contributed by atoms with Gasteiger partial charge in [0, 0.05) is 25.9 Å². The molecule has 12 heteroatoms. The highest BCUT2D eigenvalue weighted by atomic mass is 19.4. The molecule has 31 heavy (non-hydrogen) atoms. The molecule has 2 N–H and O–H groups in total. The van der Waals surface area contributed by atoms with Crippen LogP contribution in [0.3, 0.4) is 0 Å². The molecule has 0 aliphatic carbocycles. The third kappa shape index (κ3) is 4.04. The zero-order valence-corrected chi connectivity index (χ0v) is 16.1. The van der Waals surface area contributed by atoms with Gasteiger partial charge in [0.25, 0.3) is 11.8 Å². The number of carbonyl (C=O) groups excluding carboxylic acids is 4. The molecule has 2 aromatic rings. The predicted molar refractivity (Wildman–Crippen MR) is 99.4 cm³/mol. The van der Waals surface area contributed by atoms with E-state index in [9.17, 15) is 37.5 Å². The van der Waals surface area contributed by atoms with E-state index < -0.39 is 47.2 Å². The minimum Gasteiger partial charge on any atom is -0.506 e. The number of benzene rings is 1. The highest BCUT2D eigenvalue weighted by Gasteiger charge is 2.46. The summed E-state index contributed by atoms with van der Waals surface area (Å²) in [6.07, 6.45) is -3.89. The first-order valence-corrected chi connectivity index (χ1v) is 8.68. The molecule has 0 unspecified atom stereocenters. The zero-order chi connectivity index (χ0) is 23.1. The number of pyridine rings is 1. The van der Waals surface area contributed by atoms with Crippen LogP contribution in [0.25, 0.3) is 11.3 Å². The number of barbiturate groups is 1. The van der Waals surface area contributed by atoms with E-state index in [1.807, 2.05) is 0 Å². The van der Waals surface area contributed by atoms with Crippen molar-refractivity contribution in [3.8, 4) is 17.0 Å². The minimum atomic E-state index is -4.54. The number of carbonyl (C=O) groups is 4. The van der Waals surface area contributed by atoms with Gasteiger partial charge in [-0.25, -0.2) is 4.79 Å². The molecule has 0 radical (unpaired) electrons. The molecular formula is C19H15F3N4O5. The molecule has 0 spiro atoms. The molecule has 162 valence electrons. The number of alkyl halides is 3. The fraction of sp³-hybridized carbons (Fsp3) is 0.211. The molecule has 0 atom stereocenters. The summed E-state index contributed by atoms with van der Waals surface area (Å²) in [5, 5.41) is 12.4. The Bertz CT molecular complexity index is 1060. The maximum atomic E-state index is 12.6. The fourth-order valence-electron chi connectivity index (χ4n) is 2.86. The van der Waals surface area contributed by atoms with Gasteiger partial charge in [0.15, 0.2) is 5.92 Å². The van der Waals surface area contributed by atoms with Gasteiger partial charge in [0.05, 0.1) is 16.9 Å². The average molecular weight is 436 g/mol. The number of hydrogen-bond donors (Lipinski definition) is 2. The maximum Gasteiger partial charge on any atom is 0.417 e. The van der Waals surface area contributed by atoms with Crippen molar-refractivity contribution in [2.75, 3.05) is 19.4 Å². The zero-order valence-electron chi connectivity index (χ0n) is 16.1. The Balaban J connectivity index is 1.81. The van der Waals surface area contributed by atoms with Gasteiger partial charge in [-0.1, -0.05) is 6.07 Å². The molecule has 5 amide bonds. The molecule has 1 aromatic heterocycles. The number of aromatic nitrogens is 1. The maximum absolute atomic E-state index is 12.6. The van der Waals surface area contributed by atoms with Crippen molar-refractivity contribution in [2.45, 2.75) is 6.18 Å². The summed E-state index contributed by atoms with van der Waals surface area (Å²) >= 11 is 0. The molecule has 0 bridgehead atoms. The molecule has 1 aliphatic rings. The highest BCUT2D eigenvalue weighted by Crippen LogP contribution is 2.32. The third-order valence-electron chi connectivity index (χ3n) is 4.63. The van der Waals surface area contributed by atoms with Gasteiger partial charge >= 0.3 is 12.2 Å². The van der Waals surface area contributed by atoms with Crippen LogP contribution in [0.15, 0.2) is 36.5 Å². The van der Waals surface area contributed by atoms with E-state index >= 15 is 0 Å². The van der Waals surface area contributed by atoms with Gasteiger partial charge < -0.3 is 10.4 Å². The number of nitrogens with one attached hydrogen (secondary N) is 1. The molecule has 9 nitrogen and oxygen atoms in total. The molecule has 3 rings (SSSR count). The summed E-state index contributed by atoms with van der Waals surface area (Å²) in [6, 6.07) is 4.84. The van der Waals surface area contributed by atoms with Crippen LogP contribution in [0.1, 0.15) is 5.56 Å². The van der Waals surface area contributed by atoms with E-state index in [1.54, 1.807) is 0 Å². The number of imide groups is 2. The SMILES string of the molecule is CN1C(=O)C(C(=O)Nc2ccc(-c3ccc(C(F)(F)F)cn3)cc2O)C(=O)N(C)C1=O. The standard InChI is InChI=1S/C19H15F3N4O5/c1-25-16(29)14(17(30)26(2)18(25)31)15(28)24-12-5-3-9(7-13(12)27)11-6-4-10(8-23-11)19(20,21)22/h3-8,14,27H,1-2H3,(H,24,28). The van der Waals surface area contributed by atoms with Gasteiger partial charge in [-0.2, -0.15) is 13.2 Å². The van der Waals surface area contributed by atoms with E-state index in [-0.39, 0.29) is 16.9 Å². The van der Waals surface area contributed by atoms with Crippen LogP contribution >= 0.6 is 0 Å². The van der Waals surface area contributed by atoms with Crippen molar-refractivity contribution < 1.29 is 37.5 Å². The Hall–Kier alpha value is -3.96. The van der Waals surface area contributed by atoms with Crippen molar-refractivity contribution in [1.29, 1.82) is 0 Å². The van der Waals surface area contributed by atoms with Crippen LogP contribution in [0.2, 0.25) is 0 Å². The van der Waals surface area contributed by atoms with Crippen molar-refractivity contribution in [1.82, 2.24) is 14.8 Å². The lowest BCUT2D eigenvalue weighted by Gasteiger charge is -2.32. The lowest BCUT2D eigenvalue weighted by Crippen LogP contribution is -2.59. The van der Waals surface area contributed by atoms with E-state index in [0.717, 1.165) is 32.3 Å². The summed E-state index contributed by atoms with van der Waals surface area (Å²) in [4.78, 5) is 53.6. The summed E-state index contributed by atoms with van der Waals surface area (Å²) in [5.41, 5.74) is -0.678. The van der Waals surface area contributed by atoms with Crippen molar-refractivity contribution >= 4 is 29.4 Å². The lowest BCUT2D eigenvalue weighted by molar-refractivity contribution is -0.151. The molecule has 1 saturated heterocycles. The van der Waals surface area contributed by atoms with E-state index in [0.29, 0.717) is 16.0 Å². The number of halogens is 3. The van der Waals surface area contributed by atoms with E-state index in [4.69, 9.17) is 0 Å². The first kappa shape index (κ1) is 21.7. The third-order valence-corrected chi connectivity index (χ3v) is 4.63. The van der Waals surface area contributed by atoms with Crippen LogP contribution < -0.4 is 5.32 Å². The quantitative estimate of drug-likeness (QED) is 0.562. The summed E-state index contributed by atoms with van der Waals surface area (Å²) in [6.45, 7) is 0. The lowest BCUT2D eigenvalue weighted by atomic mass is 10.0. The number of phenols is 1. The van der Waals surface area contributed by atoms with E-state index in [1.165, 1.54) is 12.1 Å². The average Bonchev–Trinajstić information content (AvgIpc) is 2.72. The number of rotatable bonds is 3. The first-order valence-electron chi connectivity index (χ1n) is 8.68. The van der Waals surface area contributed by atoms with Gasteiger partial charge in [0.2, 0.25) is 5.91 Å². The van der Waals surface area contributed by atoms with Crippen molar-refractivity contribution in [3.05, 3.63) is 42.1 Å². The van der Waals surface area contributed by atoms with Crippen LogP contribution in [0, 0.1) is 5.92 Å². The first-order chi connectivity index (χ1) is 14.4. The monoisotopic (exact) mass is 436 g/mol. The van der Waals surface area contributed by atoms with Crippen LogP contribution in [-0.4, -0.2) is 57.7 Å². The number of urea groups is 1. The summed E-state index contributed by atoms with van der Waals surface area (Å²) in [5.74, 6) is -5.38. The second kappa shape index (κ2) is 7.70. The number of anilines is 1. The Labute approximate surface area is 173 Å². The van der Waals surface area contributed by atoms with Gasteiger partial charge in [-0.3, -0.25) is 29.2 Å². The molecular weight excluding hydrogens is 421 g/mol. The Morgan fingerprint density at radius 2 is 1.68 bits per heavy atom. The van der Waals surface area contributed by atoms with Crippen molar-refractivity contribution in [3.63, 3.8) is 0 Å². The van der Waals surface area contributed by atoms with Crippen LogP contribution in [0.4, 0.5) is 23.7 Å². The number of nitrogens with zero attached hydrogens (tertiary/aromatic N) is 3. The predicted octanol–water partition coefficient (Wildman–Crippen LogP) is 2.08. The number of amides is 5. The highest BCUT2D eigenvalue weighted by molar-refractivity contribution is 6.28. The Morgan fingerprint density at radius 1 is 1.06 bits per heavy atom. The van der Waals surface area contributed by atoms with Gasteiger partial charge in [0.1, 0.15) is 5.75 Å². The van der Waals surface area contributed by atoms with Gasteiger partial charge in [-0.05, 0) is 24.3 Å². The molecule has 1 aromatic carbocycles. The Kier molecular flexibility index (Phi) is 5.40. The minimum absolute atomic E-state index is 0.139. The van der Waals surface area contributed by atoms with Gasteiger partial charge in [-0.15, -0.1) is 0 Å². The second-order valence-corrected chi connectivity index (χ2v) is 6.66. The summed E-state index contributed by atoms with van der Waals surface area (Å²) < 4.78 is 37.9. The Morgan fingerprint density at radius 3 is 2.16 bits per heavy atom.